The number of hydrogen-bond donors (Lipinski definition) is 1. The maximum atomic E-state index is 11.0. The summed E-state index contributed by atoms with van der Waals surface area (Å²) >= 11 is 0. The normalized spacial score (nSPS) is 10.5. The molecule has 0 spiro atoms. The second-order valence-electron chi connectivity index (χ2n) is 5.42. The lowest BCUT2D eigenvalue weighted by molar-refractivity contribution is -0.385. The summed E-state index contributed by atoms with van der Waals surface area (Å²) in [6.07, 6.45) is 0. The molecule has 0 radical (unpaired) electrons. The fourth-order valence-corrected chi connectivity index (χ4v) is 2.42. The van der Waals surface area contributed by atoms with Crippen LogP contribution in [-0.4, -0.2) is 4.92 Å². The van der Waals surface area contributed by atoms with Gasteiger partial charge < -0.3 is 5.32 Å². The van der Waals surface area contributed by atoms with Crippen molar-refractivity contribution in [1.29, 1.82) is 0 Å². The molecule has 0 atom stereocenters. The van der Waals surface area contributed by atoms with Crippen LogP contribution in [0, 0.1) is 37.8 Å². The predicted molar refractivity (Wildman–Crippen MR) is 85.8 cm³/mol. The second kappa shape index (κ2) is 5.95. The minimum absolute atomic E-state index is 0.157. The van der Waals surface area contributed by atoms with Gasteiger partial charge in [-0.25, -0.2) is 0 Å². The molecule has 0 bridgehead atoms. The molecule has 0 aliphatic carbocycles. The maximum Gasteiger partial charge on any atom is 0.274 e. The highest BCUT2D eigenvalue weighted by molar-refractivity contribution is 5.60. The molecule has 4 heteroatoms. The van der Waals surface area contributed by atoms with Crippen LogP contribution in [0.2, 0.25) is 0 Å². The molecule has 110 valence electrons. The van der Waals surface area contributed by atoms with E-state index >= 15 is 0 Å². The maximum absolute atomic E-state index is 11.0. The number of nitro benzene ring substituents is 1. The highest BCUT2D eigenvalue weighted by Crippen LogP contribution is 2.27. The minimum Gasteiger partial charge on any atom is -0.381 e. The molecule has 0 saturated heterocycles. The number of nitrogens with one attached hydrogen (secondary N) is 1. The van der Waals surface area contributed by atoms with Crippen molar-refractivity contribution in [2.45, 2.75) is 34.2 Å². The third-order valence-electron chi connectivity index (χ3n) is 3.93. The summed E-state index contributed by atoms with van der Waals surface area (Å²) in [6.45, 7) is 8.56. The smallest absolute Gasteiger partial charge is 0.274 e. The number of aryl methyl sites for hydroxylation is 3. The molecule has 4 nitrogen and oxygen atoms in total. The molecule has 0 amide bonds. The van der Waals surface area contributed by atoms with Gasteiger partial charge >= 0.3 is 0 Å². The van der Waals surface area contributed by atoms with E-state index in [9.17, 15) is 10.1 Å². The van der Waals surface area contributed by atoms with E-state index in [4.69, 9.17) is 0 Å². The Morgan fingerprint density at radius 3 is 2.43 bits per heavy atom. The van der Waals surface area contributed by atoms with E-state index < -0.39 is 0 Å². The third-order valence-corrected chi connectivity index (χ3v) is 3.93. The molecule has 0 aromatic heterocycles. The van der Waals surface area contributed by atoms with Crippen molar-refractivity contribution in [3.63, 3.8) is 0 Å². The standard InChI is InChI=1S/C17H20N2O2/c1-11-6-5-7-15(14(11)4)10-18-16-9-17(19(20)21)13(3)8-12(16)2/h5-9,18H,10H2,1-4H3. The Hall–Kier alpha value is -2.36. The van der Waals surface area contributed by atoms with Gasteiger partial charge in [-0.3, -0.25) is 10.1 Å². The Morgan fingerprint density at radius 1 is 1.05 bits per heavy atom. The summed E-state index contributed by atoms with van der Waals surface area (Å²) in [4.78, 5) is 10.7. The van der Waals surface area contributed by atoms with E-state index in [2.05, 4.69) is 31.3 Å². The van der Waals surface area contributed by atoms with Gasteiger partial charge in [0.15, 0.2) is 0 Å². The molecule has 0 saturated carbocycles. The van der Waals surface area contributed by atoms with Crippen LogP contribution in [-0.2, 0) is 6.54 Å². The van der Waals surface area contributed by atoms with Crippen LogP contribution in [0.15, 0.2) is 30.3 Å². The van der Waals surface area contributed by atoms with Crippen LogP contribution in [0.25, 0.3) is 0 Å². The Balaban J connectivity index is 2.26. The number of anilines is 1. The molecule has 2 aromatic rings. The molecular formula is C17H20N2O2. The van der Waals surface area contributed by atoms with Crippen LogP contribution < -0.4 is 5.32 Å². The summed E-state index contributed by atoms with van der Waals surface area (Å²) in [5.74, 6) is 0. The van der Waals surface area contributed by atoms with E-state index in [0.29, 0.717) is 12.1 Å². The lowest BCUT2D eigenvalue weighted by atomic mass is 10.0. The first kappa shape index (κ1) is 15.0. The molecule has 0 aliphatic rings. The van der Waals surface area contributed by atoms with Gasteiger partial charge in [0.25, 0.3) is 5.69 Å². The van der Waals surface area contributed by atoms with Crippen molar-refractivity contribution in [3.8, 4) is 0 Å². The van der Waals surface area contributed by atoms with Gasteiger partial charge in [0.2, 0.25) is 0 Å². The minimum atomic E-state index is -0.335. The first-order chi connectivity index (χ1) is 9.90. The second-order valence-corrected chi connectivity index (χ2v) is 5.42. The van der Waals surface area contributed by atoms with Crippen LogP contribution in [0.1, 0.15) is 27.8 Å². The number of benzene rings is 2. The average molecular weight is 284 g/mol. The third kappa shape index (κ3) is 3.21. The zero-order valence-electron chi connectivity index (χ0n) is 12.9. The van der Waals surface area contributed by atoms with Gasteiger partial charge in [-0.2, -0.15) is 0 Å². The molecule has 0 aliphatic heterocycles. The number of hydrogen-bond acceptors (Lipinski definition) is 3. The fraction of sp³-hybridized carbons (Fsp3) is 0.294. The lowest BCUT2D eigenvalue weighted by Crippen LogP contribution is -2.05. The first-order valence-corrected chi connectivity index (χ1v) is 6.94. The Kier molecular flexibility index (Phi) is 4.26. The van der Waals surface area contributed by atoms with Crippen LogP contribution in [0.5, 0.6) is 0 Å². The quantitative estimate of drug-likeness (QED) is 0.667. The summed E-state index contributed by atoms with van der Waals surface area (Å²) in [5, 5.41) is 14.4. The van der Waals surface area contributed by atoms with Gasteiger partial charge in [-0.1, -0.05) is 18.2 Å². The van der Waals surface area contributed by atoms with Gasteiger partial charge in [-0.15, -0.1) is 0 Å². The molecule has 2 aromatic carbocycles. The van der Waals surface area contributed by atoms with Crippen molar-refractivity contribution in [2.24, 2.45) is 0 Å². The molecule has 0 heterocycles. The van der Waals surface area contributed by atoms with E-state index in [0.717, 1.165) is 11.3 Å². The fourth-order valence-electron chi connectivity index (χ4n) is 2.42. The Bertz CT molecular complexity index is 693. The number of nitrogens with zero attached hydrogens (tertiary/aromatic N) is 1. The van der Waals surface area contributed by atoms with Gasteiger partial charge in [0.1, 0.15) is 0 Å². The van der Waals surface area contributed by atoms with Crippen LogP contribution in [0.4, 0.5) is 11.4 Å². The zero-order valence-corrected chi connectivity index (χ0v) is 12.9. The number of nitro groups is 1. The molecule has 2 rings (SSSR count). The molecular weight excluding hydrogens is 264 g/mol. The van der Waals surface area contributed by atoms with Crippen molar-refractivity contribution >= 4 is 11.4 Å². The lowest BCUT2D eigenvalue weighted by Gasteiger charge is -2.13. The summed E-state index contributed by atoms with van der Waals surface area (Å²) < 4.78 is 0. The van der Waals surface area contributed by atoms with Gasteiger partial charge in [-0.05, 0) is 56.0 Å². The first-order valence-electron chi connectivity index (χ1n) is 6.94. The van der Waals surface area contributed by atoms with E-state index in [1.165, 1.54) is 16.7 Å². The predicted octanol–water partition coefficient (Wildman–Crippen LogP) is 4.44. The highest BCUT2D eigenvalue weighted by atomic mass is 16.6. The molecule has 0 unspecified atom stereocenters. The monoisotopic (exact) mass is 284 g/mol. The summed E-state index contributed by atoms with van der Waals surface area (Å²) in [6, 6.07) is 9.66. The van der Waals surface area contributed by atoms with Crippen molar-refractivity contribution in [3.05, 3.63) is 68.3 Å². The van der Waals surface area contributed by atoms with Gasteiger partial charge in [0.05, 0.1) is 4.92 Å². The van der Waals surface area contributed by atoms with Crippen molar-refractivity contribution in [2.75, 3.05) is 5.32 Å². The SMILES string of the molecule is Cc1cc(C)c([N+](=O)[O-])cc1NCc1cccc(C)c1C. The molecule has 1 N–H and O–H groups in total. The van der Waals surface area contributed by atoms with E-state index in [1.807, 2.05) is 19.1 Å². The summed E-state index contributed by atoms with van der Waals surface area (Å²) in [5.41, 5.74) is 6.39. The molecule has 21 heavy (non-hydrogen) atoms. The van der Waals surface area contributed by atoms with Crippen molar-refractivity contribution in [1.82, 2.24) is 0 Å². The zero-order chi connectivity index (χ0) is 15.6. The largest absolute Gasteiger partial charge is 0.381 e. The Labute approximate surface area is 125 Å². The van der Waals surface area contributed by atoms with Crippen molar-refractivity contribution < 1.29 is 4.92 Å². The average Bonchev–Trinajstić information content (AvgIpc) is 2.41. The van der Waals surface area contributed by atoms with E-state index in [-0.39, 0.29) is 10.6 Å². The molecule has 0 fully saturated rings. The highest BCUT2D eigenvalue weighted by Gasteiger charge is 2.13. The van der Waals surface area contributed by atoms with Crippen LogP contribution >= 0.6 is 0 Å². The Morgan fingerprint density at radius 2 is 1.76 bits per heavy atom. The van der Waals surface area contributed by atoms with E-state index in [1.54, 1.807) is 13.0 Å². The summed E-state index contributed by atoms with van der Waals surface area (Å²) in [7, 11) is 0. The van der Waals surface area contributed by atoms with Gasteiger partial charge in [0, 0.05) is 23.9 Å². The van der Waals surface area contributed by atoms with Crippen LogP contribution in [0.3, 0.4) is 0 Å². The number of rotatable bonds is 4. The topological polar surface area (TPSA) is 55.2 Å².